The van der Waals surface area contributed by atoms with Crippen molar-refractivity contribution in [3.05, 3.63) is 62.5 Å². The summed E-state index contributed by atoms with van der Waals surface area (Å²) in [5.74, 6) is -0.276. The van der Waals surface area contributed by atoms with Crippen molar-refractivity contribution in [1.29, 1.82) is 0 Å². The van der Waals surface area contributed by atoms with E-state index < -0.39 is 0 Å². The molecule has 0 radical (unpaired) electrons. The zero-order valence-corrected chi connectivity index (χ0v) is 20.9. The maximum absolute atomic E-state index is 13.1. The highest BCUT2D eigenvalue weighted by molar-refractivity contribution is 9.10. The lowest BCUT2D eigenvalue weighted by molar-refractivity contribution is -0.120. The van der Waals surface area contributed by atoms with E-state index in [2.05, 4.69) is 21.4 Å². The quantitative estimate of drug-likeness (QED) is 0.493. The third-order valence-electron chi connectivity index (χ3n) is 5.60. The van der Waals surface area contributed by atoms with Gasteiger partial charge in [0.1, 0.15) is 5.71 Å². The van der Waals surface area contributed by atoms with Gasteiger partial charge in [-0.1, -0.05) is 64.6 Å². The number of hydrogen-bond donors (Lipinski definition) is 1. The van der Waals surface area contributed by atoms with E-state index in [1.165, 1.54) is 6.42 Å². The van der Waals surface area contributed by atoms with E-state index in [1.807, 2.05) is 47.3 Å². The van der Waals surface area contributed by atoms with Gasteiger partial charge in [-0.25, -0.2) is 5.01 Å². The Hall–Kier alpha value is -1.31. The summed E-state index contributed by atoms with van der Waals surface area (Å²) < 4.78 is 0.997. The average molecular weight is 547 g/mol. The Morgan fingerprint density at radius 2 is 1.77 bits per heavy atom. The highest BCUT2D eigenvalue weighted by Gasteiger charge is 2.40. The van der Waals surface area contributed by atoms with Gasteiger partial charge < -0.3 is 0 Å². The Morgan fingerprint density at radius 3 is 2.42 bits per heavy atom. The summed E-state index contributed by atoms with van der Waals surface area (Å²) in [6.07, 6.45) is 3.39. The summed E-state index contributed by atoms with van der Waals surface area (Å²) in [4.78, 5) is 13.1. The maximum atomic E-state index is 13.1. The average Bonchev–Trinajstić information content (AvgIpc) is 3.06. The van der Waals surface area contributed by atoms with Crippen LogP contribution in [-0.2, 0) is 4.79 Å². The van der Waals surface area contributed by atoms with Crippen molar-refractivity contribution in [2.75, 3.05) is 18.1 Å². The number of amides is 1. The number of piperidine rings is 1. The van der Waals surface area contributed by atoms with Crippen LogP contribution in [0.15, 0.2) is 52.0 Å². The molecule has 1 amide bonds. The number of nitrogens with one attached hydrogen (secondary N) is 1. The molecule has 2 aromatic carbocycles. The number of hydrogen-bond acceptors (Lipinski definition) is 4. The zero-order valence-electron chi connectivity index (χ0n) is 17.0. The first-order valence-electron chi connectivity index (χ1n) is 10.1. The van der Waals surface area contributed by atoms with Crippen LogP contribution in [0.2, 0.25) is 10.0 Å². The van der Waals surface area contributed by atoms with Crippen LogP contribution in [0.1, 0.15) is 37.8 Å². The van der Waals surface area contributed by atoms with E-state index in [4.69, 9.17) is 28.3 Å². The molecule has 2 aromatic rings. The first kappa shape index (κ1) is 24.3. The van der Waals surface area contributed by atoms with Gasteiger partial charge in [0.05, 0.1) is 16.8 Å². The third-order valence-corrected chi connectivity index (χ3v) is 6.67. The summed E-state index contributed by atoms with van der Waals surface area (Å²) in [6.45, 7) is 3.78. The number of hydrazine groups is 1. The molecule has 0 unspecified atom stereocenters. The predicted octanol–water partition coefficient (Wildman–Crippen LogP) is 6.25. The second-order valence-electron chi connectivity index (χ2n) is 7.70. The molecule has 0 aliphatic carbocycles. The van der Waals surface area contributed by atoms with Crippen LogP contribution in [0.5, 0.6) is 0 Å². The predicted molar refractivity (Wildman–Crippen MR) is 133 cm³/mol. The van der Waals surface area contributed by atoms with Gasteiger partial charge >= 0.3 is 0 Å². The molecule has 1 N–H and O–H groups in total. The molecule has 1 fully saturated rings. The summed E-state index contributed by atoms with van der Waals surface area (Å²) in [7, 11) is 0. The minimum absolute atomic E-state index is 0. The van der Waals surface area contributed by atoms with E-state index in [1.54, 1.807) is 12.1 Å². The lowest BCUT2D eigenvalue weighted by atomic mass is 9.91. The molecular weight excluding hydrogens is 523 g/mol. The van der Waals surface area contributed by atoms with Crippen LogP contribution in [0, 0.1) is 5.92 Å². The normalized spacial score (nSPS) is 21.4. The van der Waals surface area contributed by atoms with Crippen LogP contribution in [-0.4, -0.2) is 29.7 Å². The maximum Gasteiger partial charge on any atom is 0.282 e. The van der Waals surface area contributed by atoms with Crippen LogP contribution < -0.4 is 10.4 Å². The third kappa shape index (κ3) is 5.37. The summed E-state index contributed by atoms with van der Waals surface area (Å²) >= 11 is 16.1. The number of rotatable bonds is 4. The van der Waals surface area contributed by atoms with Crippen LogP contribution >= 0.6 is 51.5 Å². The molecule has 9 heteroatoms. The second kappa shape index (κ2) is 10.5. The Labute approximate surface area is 207 Å². The Balaban J connectivity index is 0.00000272. The molecule has 31 heavy (non-hydrogen) atoms. The summed E-state index contributed by atoms with van der Waals surface area (Å²) in [5.41, 5.74) is 5.32. The summed E-state index contributed by atoms with van der Waals surface area (Å²) in [6, 6.07) is 13.3. The molecule has 2 atom stereocenters. The van der Waals surface area contributed by atoms with Gasteiger partial charge in [0.2, 0.25) is 0 Å². The summed E-state index contributed by atoms with van der Waals surface area (Å²) in [5, 5.41) is 9.64. The van der Waals surface area contributed by atoms with Crippen molar-refractivity contribution in [2.45, 2.75) is 32.2 Å². The molecule has 166 valence electrons. The van der Waals surface area contributed by atoms with Gasteiger partial charge in [0.25, 0.3) is 5.91 Å². The molecule has 1 saturated heterocycles. The number of hydrazone groups is 1. The van der Waals surface area contributed by atoms with E-state index >= 15 is 0 Å². The minimum Gasteiger partial charge on any atom is -0.284 e. The van der Waals surface area contributed by atoms with Crippen molar-refractivity contribution < 1.29 is 4.79 Å². The number of carbonyl (C=O) groups excluding carboxylic acids is 1. The number of halogens is 4. The molecule has 0 saturated carbocycles. The van der Waals surface area contributed by atoms with Crippen molar-refractivity contribution in [1.82, 2.24) is 10.4 Å². The van der Waals surface area contributed by atoms with Crippen molar-refractivity contribution >= 4 is 68.8 Å². The van der Waals surface area contributed by atoms with E-state index in [9.17, 15) is 4.79 Å². The van der Waals surface area contributed by atoms with Gasteiger partial charge in [0, 0.05) is 28.5 Å². The van der Waals surface area contributed by atoms with E-state index in [0.29, 0.717) is 15.8 Å². The Morgan fingerprint density at radius 1 is 1.10 bits per heavy atom. The monoisotopic (exact) mass is 544 g/mol. The molecule has 0 spiro atoms. The first-order chi connectivity index (χ1) is 14.4. The molecule has 2 aliphatic heterocycles. The van der Waals surface area contributed by atoms with Gasteiger partial charge in [-0.05, 0) is 48.7 Å². The van der Waals surface area contributed by atoms with Gasteiger partial charge in [-0.2, -0.15) is 5.10 Å². The molecule has 2 aliphatic rings. The molecule has 4 rings (SSSR count). The lowest BCUT2D eigenvalue weighted by Gasteiger charge is -2.28. The highest BCUT2D eigenvalue weighted by Crippen LogP contribution is 2.42. The Bertz CT molecular complexity index is 964. The molecule has 0 bridgehead atoms. The van der Waals surface area contributed by atoms with Crippen LogP contribution in [0.4, 0.5) is 5.69 Å². The molecule has 5 nitrogen and oxygen atoms in total. The fraction of sp³-hybridized carbons (Fsp3) is 0.364. The molecule has 0 aromatic heterocycles. The fourth-order valence-electron chi connectivity index (χ4n) is 4.05. The lowest BCUT2D eigenvalue weighted by Crippen LogP contribution is -2.48. The van der Waals surface area contributed by atoms with Crippen molar-refractivity contribution in [2.24, 2.45) is 11.0 Å². The van der Waals surface area contributed by atoms with Crippen molar-refractivity contribution in [3.8, 4) is 0 Å². The van der Waals surface area contributed by atoms with Gasteiger partial charge in [0.15, 0.2) is 0 Å². The van der Waals surface area contributed by atoms with Crippen LogP contribution in [0.25, 0.3) is 0 Å². The Kier molecular flexibility index (Phi) is 8.27. The van der Waals surface area contributed by atoms with Crippen molar-refractivity contribution in [3.63, 3.8) is 0 Å². The fourth-order valence-corrected chi connectivity index (χ4v) is 4.81. The zero-order chi connectivity index (χ0) is 21.3. The SMILES string of the molecule is C[C@H]1C(C(=O)NN2CCCCC2)=NN(c2ccc(Cl)cc2Cl)[C@H]1c1ccc(Br)cc1.Cl. The number of carbonyl (C=O) groups is 1. The van der Waals surface area contributed by atoms with E-state index in [0.717, 1.165) is 41.7 Å². The minimum atomic E-state index is -0.154. The number of anilines is 1. The number of benzene rings is 2. The standard InChI is InChI=1S/C22H23BrCl2N4O.ClH/c1-14-20(22(30)27-28-11-3-2-4-12-28)26-29(19-10-9-17(24)13-18(19)25)21(14)15-5-7-16(23)8-6-15;/h5-10,13-14,21H,2-4,11-12H2,1H3,(H,27,30);1H/t14-,21+;/m0./s1. The van der Waals surface area contributed by atoms with Gasteiger partial charge in [-0.3, -0.25) is 15.2 Å². The molecular formula is C22H24BrCl3N4O. The second-order valence-corrected chi connectivity index (χ2v) is 9.46. The van der Waals surface area contributed by atoms with E-state index in [-0.39, 0.29) is 30.3 Å². The highest BCUT2D eigenvalue weighted by atomic mass is 79.9. The first-order valence-corrected chi connectivity index (χ1v) is 11.6. The molecule has 2 heterocycles. The number of nitrogens with zero attached hydrogens (tertiary/aromatic N) is 3. The van der Waals surface area contributed by atoms with Crippen LogP contribution in [0.3, 0.4) is 0 Å². The largest absolute Gasteiger partial charge is 0.284 e. The smallest absolute Gasteiger partial charge is 0.282 e. The topological polar surface area (TPSA) is 47.9 Å². The van der Waals surface area contributed by atoms with Gasteiger partial charge in [-0.15, -0.1) is 12.4 Å².